The highest BCUT2D eigenvalue weighted by Gasteiger charge is 2.29. The lowest BCUT2D eigenvalue weighted by Crippen LogP contribution is -2.29. The van der Waals surface area contributed by atoms with Gasteiger partial charge in [-0.25, -0.2) is 18.0 Å². The van der Waals surface area contributed by atoms with E-state index >= 15 is 0 Å². The Labute approximate surface area is 92.2 Å². The number of rotatable bonds is 7. The molecule has 0 aliphatic carbocycles. The molecule has 0 aliphatic rings. The van der Waals surface area contributed by atoms with Crippen molar-refractivity contribution in [3.8, 4) is 0 Å². The Balaban J connectivity index is 3.78. The van der Waals surface area contributed by atoms with Crippen molar-refractivity contribution in [1.29, 1.82) is 0 Å². The Kier molecular flexibility index (Phi) is 6.10. The Morgan fingerprint density at radius 1 is 1.50 bits per heavy atom. The van der Waals surface area contributed by atoms with Crippen LogP contribution >= 0.6 is 0 Å². The summed E-state index contributed by atoms with van der Waals surface area (Å²) in [5, 5.41) is 0. The molecule has 0 N–H and O–H groups in total. The number of hydrogen-bond acceptors (Lipinski definition) is 3. The summed E-state index contributed by atoms with van der Waals surface area (Å²) in [5.41, 5.74) is 0.209. The van der Waals surface area contributed by atoms with Gasteiger partial charge >= 0.3 is 5.97 Å². The molecule has 6 heteroatoms. The van der Waals surface area contributed by atoms with Crippen LogP contribution in [0.5, 0.6) is 0 Å². The fraction of sp³-hybridized carbons (Fsp3) is 0.700. The molecule has 0 saturated heterocycles. The van der Waals surface area contributed by atoms with Gasteiger partial charge in [-0.1, -0.05) is 6.58 Å². The minimum Gasteiger partial charge on any atom is -0.457 e. The van der Waals surface area contributed by atoms with Crippen LogP contribution in [0.4, 0.5) is 13.2 Å². The summed E-state index contributed by atoms with van der Waals surface area (Å²) in [6.45, 7) is 3.29. The van der Waals surface area contributed by atoms with E-state index in [0.717, 1.165) is 0 Å². The molecular formula is C10H15F3O3. The summed E-state index contributed by atoms with van der Waals surface area (Å²) in [4.78, 5) is 11.0. The maximum atomic E-state index is 12.4. The average molecular weight is 240 g/mol. The van der Waals surface area contributed by atoms with Crippen molar-refractivity contribution in [2.24, 2.45) is 0 Å². The third-order valence-electron chi connectivity index (χ3n) is 1.52. The molecule has 0 spiro atoms. The van der Waals surface area contributed by atoms with E-state index in [1.165, 1.54) is 13.8 Å². The quantitative estimate of drug-likeness (QED) is 0.505. The molecule has 0 aliphatic heterocycles. The highest BCUT2D eigenvalue weighted by atomic mass is 19.3. The number of hydrogen-bond donors (Lipinski definition) is 0. The second kappa shape index (κ2) is 6.52. The molecule has 1 unspecified atom stereocenters. The molecule has 0 aromatic rings. The van der Waals surface area contributed by atoms with Gasteiger partial charge < -0.3 is 9.47 Å². The molecule has 0 aromatic heterocycles. The smallest absolute Gasteiger partial charge is 0.333 e. The third-order valence-corrected chi connectivity index (χ3v) is 1.52. The molecule has 0 bridgehead atoms. The van der Waals surface area contributed by atoms with Gasteiger partial charge in [-0.05, 0) is 13.8 Å². The first-order valence-corrected chi connectivity index (χ1v) is 4.66. The fourth-order valence-electron chi connectivity index (χ4n) is 0.730. The van der Waals surface area contributed by atoms with Crippen LogP contribution in [0.1, 0.15) is 13.8 Å². The Morgan fingerprint density at radius 2 is 2.06 bits per heavy atom. The summed E-state index contributed by atoms with van der Waals surface area (Å²) in [6.07, 6.45) is -0.681. The zero-order valence-electron chi connectivity index (χ0n) is 9.26. The number of halogens is 3. The lowest BCUT2D eigenvalue weighted by Gasteiger charge is -2.16. The van der Waals surface area contributed by atoms with Crippen molar-refractivity contribution in [3.63, 3.8) is 0 Å². The number of carbonyl (C=O) groups excluding carboxylic acids is 1. The van der Waals surface area contributed by atoms with Gasteiger partial charge in [-0.2, -0.15) is 0 Å². The van der Waals surface area contributed by atoms with Crippen molar-refractivity contribution >= 4 is 5.97 Å². The van der Waals surface area contributed by atoms with Gasteiger partial charge in [0, 0.05) is 5.57 Å². The monoisotopic (exact) mass is 240 g/mol. The number of alkyl halides is 3. The molecule has 0 heterocycles. The second-order valence-electron chi connectivity index (χ2n) is 3.50. The van der Waals surface area contributed by atoms with Gasteiger partial charge in [-0.3, -0.25) is 0 Å². The minimum atomic E-state index is -3.49. The average Bonchev–Trinajstić information content (AvgIpc) is 2.17. The van der Waals surface area contributed by atoms with E-state index in [0.29, 0.717) is 0 Å². The highest BCUT2D eigenvalue weighted by Crippen LogP contribution is 2.14. The zero-order chi connectivity index (χ0) is 12.8. The molecule has 16 heavy (non-hydrogen) atoms. The van der Waals surface area contributed by atoms with Crippen LogP contribution in [-0.4, -0.2) is 37.9 Å². The first-order valence-electron chi connectivity index (χ1n) is 4.66. The molecule has 0 fully saturated rings. The standard InChI is InChI=1S/C10H15F3O3/c1-7(2)9(14)16-8(3)4-15-6-10(12,13)5-11/h8H,1,4-6H2,2-3H3. The van der Waals surface area contributed by atoms with Crippen LogP contribution in [0.3, 0.4) is 0 Å². The molecule has 3 nitrogen and oxygen atoms in total. The van der Waals surface area contributed by atoms with Crippen molar-refractivity contribution in [2.45, 2.75) is 25.9 Å². The summed E-state index contributed by atoms with van der Waals surface area (Å²) in [5.74, 6) is -4.11. The number of ether oxygens (including phenoxy) is 2. The minimum absolute atomic E-state index is 0.209. The van der Waals surface area contributed by atoms with E-state index in [4.69, 9.17) is 4.74 Å². The van der Waals surface area contributed by atoms with Crippen LogP contribution in [-0.2, 0) is 14.3 Å². The van der Waals surface area contributed by atoms with E-state index < -0.39 is 31.3 Å². The van der Waals surface area contributed by atoms with Crippen molar-refractivity contribution in [1.82, 2.24) is 0 Å². The molecular weight excluding hydrogens is 225 g/mol. The van der Waals surface area contributed by atoms with Crippen LogP contribution < -0.4 is 0 Å². The van der Waals surface area contributed by atoms with Crippen LogP contribution in [0, 0.1) is 0 Å². The van der Waals surface area contributed by atoms with Crippen LogP contribution in [0.2, 0.25) is 0 Å². The van der Waals surface area contributed by atoms with Gasteiger partial charge in [0.15, 0.2) is 6.67 Å². The Bertz CT molecular complexity index is 254. The van der Waals surface area contributed by atoms with Gasteiger partial charge in [0.1, 0.15) is 12.7 Å². The van der Waals surface area contributed by atoms with E-state index in [2.05, 4.69) is 11.3 Å². The van der Waals surface area contributed by atoms with Gasteiger partial charge in [0.05, 0.1) is 6.61 Å². The van der Waals surface area contributed by atoms with Crippen LogP contribution in [0.25, 0.3) is 0 Å². The van der Waals surface area contributed by atoms with Gasteiger partial charge in [0.25, 0.3) is 5.92 Å². The Hall–Kier alpha value is -1.04. The predicted molar refractivity (Wildman–Crippen MR) is 52.1 cm³/mol. The summed E-state index contributed by atoms with van der Waals surface area (Å²) < 4.78 is 45.7. The topological polar surface area (TPSA) is 35.5 Å². The Morgan fingerprint density at radius 3 is 2.50 bits per heavy atom. The maximum absolute atomic E-state index is 12.4. The summed E-state index contributed by atoms with van der Waals surface area (Å²) >= 11 is 0. The van der Waals surface area contributed by atoms with Crippen molar-refractivity contribution in [2.75, 3.05) is 19.9 Å². The van der Waals surface area contributed by atoms with E-state index in [1.807, 2.05) is 0 Å². The van der Waals surface area contributed by atoms with Gasteiger partial charge in [0.2, 0.25) is 0 Å². The SMILES string of the molecule is C=C(C)C(=O)OC(C)COCC(F)(F)CF. The second-order valence-corrected chi connectivity index (χ2v) is 3.50. The molecule has 1 atom stereocenters. The number of carbonyl (C=O) groups is 1. The molecule has 0 rings (SSSR count). The first-order chi connectivity index (χ1) is 7.28. The molecule has 0 amide bonds. The van der Waals surface area contributed by atoms with E-state index in [9.17, 15) is 18.0 Å². The lowest BCUT2D eigenvalue weighted by molar-refractivity contribution is -0.149. The first kappa shape index (κ1) is 15.0. The largest absolute Gasteiger partial charge is 0.457 e. The summed E-state index contributed by atoms with van der Waals surface area (Å²) in [6, 6.07) is 0. The zero-order valence-corrected chi connectivity index (χ0v) is 9.26. The fourth-order valence-corrected chi connectivity index (χ4v) is 0.730. The van der Waals surface area contributed by atoms with Gasteiger partial charge in [-0.15, -0.1) is 0 Å². The molecule has 94 valence electrons. The molecule has 0 aromatic carbocycles. The number of esters is 1. The maximum Gasteiger partial charge on any atom is 0.333 e. The van der Waals surface area contributed by atoms with Crippen molar-refractivity contribution < 1.29 is 27.4 Å². The third kappa shape index (κ3) is 6.44. The van der Waals surface area contributed by atoms with Crippen LogP contribution in [0.15, 0.2) is 12.2 Å². The molecule has 0 radical (unpaired) electrons. The predicted octanol–water partition coefficient (Wildman–Crippen LogP) is 2.12. The lowest BCUT2D eigenvalue weighted by atomic mass is 10.3. The molecule has 0 saturated carbocycles. The van der Waals surface area contributed by atoms with E-state index in [1.54, 1.807) is 0 Å². The summed E-state index contributed by atoms with van der Waals surface area (Å²) in [7, 11) is 0. The van der Waals surface area contributed by atoms with E-state index in [-0.39, 0.29) is 12.2 Å². The normalized spacial score (nSPS) is 13.3. The highest BCUT2D eigenvalue weighted by molar-refractivity contribution is 5.87. The van der Waals surface area contributed by atoms with Crippen molar-refractivity contribution in [3.05, 3.63) is 12.2 Å².